The molecule has 2 heterocycles. The van der Waals surface area contributed by atoms with Gasteiger partial charge in [0.2, 0.25) is 0 Å². The van der Waals surface area contributed by atoms with E-state index in [1.54, 1.807) is 0 Å². The molecule has 0 atom stereocenters. The van der Waals surface area contributed by atoms with Crippen LogP contribution in [0.1, 0.15) is 29.5 Å². The highest BCUT2D eigenvalue weighted by Crippen LogP contribution is 2.22. The molecule has 3 rings (SSSR count). The number of benzene rings is 1. The van der Waals surface area contributed by atoms with Crippen LogP contribution in [0.15, 0.2) is 42.7 Å². The fourth-order valence-corrected chi connectivity index (χ4v) is 3.05. The van der Waals surface area contributed by atoms with Crippen LogP contribution in [0.4, 0.5) is 5.69 Å². The molecular formula is C19H22N4. The van der Waals surface area contributed by atoms with Gasteiger partial charge in [0, 0.05) is 43.8 Å². The molecule has 1 aliphatic rings. The molecular weight excluding hydrogens is 284 g/mol. The van der Waals surface area contributed by atoms with E-state index < -0.39 is 0 Å². The number of nitriles is 1. The molecule has 0 amide bonds. The predicted molar refractivity (Wildman–Crippen MR) is 92.1 cm³/mol. The van der Waals surface area contributed by atoms with Gasteiger partial charge >= 0.3 is 0 Å². The lowest BCUT2D eigenvalue weighted by Gasteiger charge is -2.33. The topological polar surface area (TPSA) is 52.0 Å². The summed E-state index contributed by atoms with van der Waals surface area (Å²) in [7, 11) is 0. The highest BCUT2D eigenvalue weighted by molar-refractivity contribution is 5.55. The Kier molecular flexibility index (Phi) is 4.89. The largest absolute Gasteiger partial charge is 0.382 e. The van der Waals surface area contributed by atoms with E-state index in [2.05, 4.69) is 40.3 Å². The second kappa shape index (κ2) is 7.26. The number of aryl methyl sites for hydroxylation is 1. The van der Waals surface area contributed by atoms with Gasteiger partial charge in [-0.1, -0.05) is 6.07 Å². The highest BCUT2D eigenvalue weighted by Gasteiger charge is 2.19. The Labute approximate surface area is 137 Å². The van der Waals surface area contributed by atoms with Gasteiger partial charge in [-0.2, -0.15) is 5.26 Å². The molecule has 0 spiro atoms. The Morgan fingerprint density at radius 3 is 2.65 bits per heavy atom. The molecule has 0 bridgehead atoms. The van der Waals surface area contributed by atoms with Gasteiger partial charge < -0.3 is 5.32 Å². The quantitative estimate of drug-likeness (QED) is 0.941. The molecule has 118 valence electrons. The zero-order chi connectivity index (χ0) is 16.1. The average Bonchev–Trinajstić information content (AvgIpc) is 2.59. The number of nitrogens with one attached hydrogen (secondary N) is 1. The second-order valence-electron chi connectivity index (χ2n) is 6.19. The lowest BCUT2D eigenvalue weighted by Crippen LogP contribution is -2.38. The number of aromatic nitrogens is 1. The van der Waals surface area contributed by atoms with Gasteiger partial charge in [-0.25, -0.2) is 0 Å². The van der Waals surface area contributed by atoms with Crippen molar-refractivity contribution < 1.29 is 0 Å². The highest BCUT2D eigenvalue weighted by atomic mass is 15.1. The molecule has 0 unspecified atom stereocenters. The molecule has 2 aromatic rings. The maximum atomic E-state index is 9.04. The van der Waals surface area contributed by atoms with E-state index in [0.717, 1.165) is 38.2 Å². The van der Waals surface area contributed by atoms with Crippen LogP contribution in [-0.4, -0.2) is 29.0 Å². The van der Waals surface area contributed by atoms with Crippen LogP contribution in [-0.2, 0) is 6.54 Å². The second-order valence-corrected chi connectivity index (χ2v) is 6.19. The van der Waals surface area contributed by atoms with Crippen LogP contribution in [0.5, 0.6) is 0 Å². The van der Waals surface area contributed by atoms with E-state index >= 15 is 0 Å². The van der Waals surface area contributed by atoms with Gasteiger partial charge in [0.05, 0.1) is 11.6 Å². The minimum absolute atomic E-state index is 0.483. The first kappa shape index (κ1) is 15.5. The molecule has 4 nitrogen and oxygen atoms in total. The number of pyridine rings is 1. The van der Waals surface area contributed by atoms with Gasteiger partial charge in [0.15, 0.2) is 0 Å². The number of rotatable bonds is 4. The summed E-state index contributed by atoms with van der Waals surface area (Å²) in [6.07, 6.45) is 5.96. The molecule has 4 heteroatoms. The summed E-state index contributed by atoms with van der Waals surface area (Å²) in [5, 5.41) is 12.7. The summed E-state index contributed by atoms with van der Waals surface area (Å²) in [5.41, 5.74) is 4.33. The van der Waals surface area contributed by atoms with Crippen molar-refractivity contribution in [3.8, 4) is 6.07 Å². The van der Waals surface area contributed by atoms with E-state index in [9.17, 15) is 0 Å². The smallest absolute Gasteiger partial charge is 0.0992 e. The molecule has 1 aromatic carbocycles. The Morgan fingerprint density at radius 1 is 1.22 bits per heavy atom. The van der Waals surface area contributed by atoms with Gasteiger partial charge in [0.1, 0.15) is 0 Å². The molecule has 1 saturated heterocycles. The molecule has 1 aromatic heterocycles. The first-order valence-electron chi connectivity index (χ1n) is 8.13. The van der Waals surface area contributed by atoms with E-state index in [4.69, 9.17) is 5.26 Å². The molecule has 0 aliphatic carbocycles. The van der Waals surface area contributed by atoms with Crippen molar-refractivity contribution in [1.29, 1.82) is 5.26 Å². The Hall–Kier alpha value is -2.38. The number of piperidine rings is 1. The van der Waals surface area contributed by atoms with Gasteiger partial charge in [-0.05, 0) is 55.2 Å². The average molecular weight is 306 g/mol. The Balaban J connectivity index is 1.54. The maximum absolute atomic E-state index is 9.04. The lowest BCUT2D eigenvalue weighted by atomic mass is 10.0. The van der Waals surface area contributed by atoms with Crippen molar-refractivity contribution in [2.75, 3.05) is 18.4 Å². The van der Waals surface area contributed by atoms with Gasteiger partial charge in [-0.15, -0.1) is 0 Å². The van der Waals surface area contributed by atoms with E-state index in [1.165, 1.54) is 11.1 Å². The third-order valence-corrected chi connectivity index (χ3v) is 4.47. The van der Waals surface area contributed by atoms with Crippen molar-refractivity contribution in [2.24, 2.45) is 0 Å². The fourth-order valence-electron chi connectivity index (χ4n) is 3.05. The third-order valence-electron chi connectivity index (χ3n) is 4.47. The number of hydrogen-bond acceptors (Lipinski definition) is 4. The summed E-state index contributed by atoms with van der Waals surface area (Å²) in [5.74, 6) is 0. The number of nitrogens with zero attached hydrogens (tertiary/aromatic N) is 3. The van der Waals surface area contributed by atoms with Crippen molar-refractivity contribution in [2.45, 2.75) is 32.4 Å². The standard InChI is InChI=1S/C19H22N4/c1-15-2-3-17(13-20)12-19(15)22-18-6-10-23(11-7-18)14-16-4-8-21-9-5-16/h2-5,8-9,12,18,22H,6-7,10-11,14H2,1H3. The predicted octanol–water partition coefficient (Wildman–Crippen LogP) is 3.34. The number of anilines is 1. The van der Waals surface area contributed by atoms with Crippen molar-refractivity contribution in [3.05, 3.63) is 59.4 Å². The first-order chi connectivity index (χ1) is 11.2. The summed E-state index contributed by atoms with van der Waals surface area (Å²) >= 11 is 0. The van der Waals surface area contributed by atoms with Crippen LogP contribution in [0.2, 0.25) is 0 Å². The van der Waals surface area contributed by atoms with E-state index in [1.807, 2.05) is 30.6 Å². The molecule has 1 fully saturated rings. The SMILES string of the molecule is Cc1ccc(C#N)cc1NC1CCN(Cc2ccncc2)CC1. The van der Waals surface area contributed by atoms with Crippen molar-refractivity contribution in [1.82, 2.24) is 9.88 Å². The minimum atomic E-state index is 0.483. The minimum Gasteiger partial charge on any atom is -0.382 e. The van der Waals surface area contributed by atoms with Crippen LogP contribution in [0, 0.1) is 18.3 Å². The normalized spacial score (nSPS) is 16.0. The van der Waals surface area contributed by atoms with E-state index in [0.29, 0.717) is 11.6 Å². The summed E-state index contributed by atoms with van der Waals surface area (Å²) in [4.78, 5) is 6.56. The Morgan fingerprint density at radius 2 is 1.96 bits per heavy atom. The summed E-state index contributed by atoms with van der Waals surface area (Å²) < 4.78 is 0. The zero-order valence-corrected chi connectivity index (χ0v) is 13.5. The summed E-state index contributed by atoms with van der Waals surface area (Å²) in [6.45, 7) is 5.27. The zero-order valence-electron chi connectivity index (χ0n) is 13.5. The number of hydrogen-bond donors (Lipinski definition) is 1. The fraction of sp³-hybridized carbons (Fsp3) is 0.368. The molecule has 23 heavy (non-hydrogen) atoms. The molecule has 0 radical (unpaired) electrons. The molecule has 0 saturated carbocycles. The van der Waals surface area contributed by atoms with Crippen molar-refractivity contribution in [3.63, 3.8) is 0 Å². The van der Waals surface area contributed by atoms with Crippen molar-refractivity contribution >= 4 is 5.69 Å². The Bertz CT molecular complexity index is 682. The van der Waals surface area contributed by atoms with Crippen LogP contribution < -0.4 is 5.32 Å². The number of likely N-dealkylation sites (tertiary alicyclic amines) is 1. The third kappa shape index (κ3) is 4.08. The van der Waals surface area contributed by atoms with Crippen LogP contribution in [0.3, 0.4) is 0 Å². The summed E-state index contributed by atoms with van der Waals surface area (Å²) in [6, 6.07) is 12.7. The van der Waals surface area contributed by atoms with Crippen LogP contribution >= 0.6 is 0 Å². The van der Waals surface area contributed by atoms with Gasteiger partial charge in [-0.3, -0.25) is 9.88 Å². The maximum Gasteiger partial charge on any atom is 0.0992 e. The monoisotopic (exact) mass is 306 g/mol. The lowest BCUT2D eigenvalue weighted by molar-refractivity contribution is 0.211. The molecule has 1 N–H and O–H groups in total. The van der Waals surface area contributed by atoms with E-state index in [-0.39, 0.29) is 0 Å². The van der Waals surface area contributed by atoms with Gasteiger partial charge in [0.25, 0.3) is 0 Å². The molecule has 1 aliphatic heterocycles. The van der Waals surface area contributed by atoms with Crippen LogP contribution in [0.25, 0.3) is 0 Å². The first-order valence-corrected chi connectivity index (χ1v) is 8.13.